The fourth-order valence-corrected chi connectivity index (χ4v) is 4.96. The van der Waals surface area contributed by atoms with E-state index in [0.29, 0.717) is 18.2 Å². The van der Waals surface area contributed by atoms with Gasteiger partial charge in [-0.15, -0.1) is 0 Å². The van der Waals surface area contributed by atoms with E-state index in [9.17, 15) is 9.90 Å². The fraction of sp³-hybridized carbons (Fsp3) is 0.370. The first-order valence-electron chi connectivity index (χ1n) is 11.7. The third kappa shape index (κ3) is 4.93. The normalized spacial score (nSPS) is 17.7. The molecule has 1 aromatic heterocycles. The minimum atomic E-state index is -0.0534. The SMILES string of the molecule is C=CC(=O)N1C[C@@H](Nc2ncc3cc(-c4c(C)c(O)cc(OC)c4C)ccc3n2)C[C@H]1CN(C)C. The van der Waals surface area contributed by atoms with Crippen LogP contribution in [0.3, 0.4) is 0 Å². The Kier molecular flexibility index (Phi) is 6.93. The van der Waals surface area contributed by atoms with Gasteiger partial charge in [-0.1, -0.05) is 12.6 Å². The average molecular weight is 476 g/mol. The van der Waals surface area contributed by atoms with Gasteiger partial charge in [0.2, 0.25) is 11.9 Å². The van der Waals surface area contributed by atoms with Gasteiger partial charge >= 0.3 is 0 Å². The van der Waals surface area contributed by atoms with Crippen LogP contribution in [0.1, 0.15) is 17.5 Å². The van der Waals surface area contributed by atoms with E-state index < -0.39 is 0 Å². The molecule has 2 atom stereocenters. The molecule has 4 rings (SSSR count). The van der Waals surface area contributed by atoms with Crippen LogP contribution in [0.2, 0.25) is 0 Å². The van der Waals surface area contributed by atoms with Crippen LogP contribution < -0.4 is 10.1 Å². The van der Waals surface area contributed by atoms with Crippen molar-refractivity contribution in [2.75, 3.05) is 39.6 Å². The molecule has 0 bridgehead atoms. The van der Waals surface area contributed by atoms with Crippen molar-refractivity contribution < 1.29 is 14.6 Å². The lowest BCUT2D eigenvalue weighted by Gasteiger charge is -2.25. The highest BCUT2D eigenvalue weighted by atomic mass is 16.5. The molecule has 1 saturated heterocycles. The zero-order valence-electron chi connectivity index (χ0n) is 21.0. The lowest BCUT2D eigenvalue weighted by Crippen LogP contribution is -2.40. The van der Waals surface area contributed by atoms with Gasteiger partial charge in [-0.2, -0.15) is 0 Å². The Morgan fingerprint density at radius 1 is 1.31 bits per heavy atom. The standard InChI is InChI=1S/C27H33N5O3/c1-7-25(34)32-14-20(11-21(32)15-31(4)5)29-27-28-13-19-10-18(8-9-22(19)30-27)26-16(2)23(33)12-24(35-6)17(26)3/h7-10,12-13,20-21,33H,1,11,14-15H2,2-6H3,(H,28,29,30)/t20-,21-/m0/s1. The molecule has 2 heterocycles. The maximum atomic E-state index is 12.3. The molecule has 35 heavy (non-hydrogen) atoms. The predicted molar refractivity (Wildman–Crippen MR) is 139 cm³/mol. The molecule has 0 saturated carbocycles. The summed E-state index contributed by atoms with van der Waals surface area (Å²) in [5.74, 6) is 1.33. The van der Waals surface area contributed by atoms with E-state index in [1.165, 1.54) is 6.08 Å². The fourth-order valence-electron chi connectivity index (χ4n) is 4.96. The van der Waals surface area contributed by atoms with Crippen molar-refractivity contribution in [3.8, 4) is 22.6 Å². The van der Waals surface area contributed by atoms with E-state index in [1.807, 2.05) is 51.0 Å². The van der Waals surface area contributed by atoms with Crippen molar-refractivity contribution in [3.63, 3.8) is 0 Å². The molecular formula is C27H33N5O3. The van der Waals surface area contributed by atoms with Crippen molar-refractivity contribution in [1.29, 1.82) is 0 Å². The number of hydrogen-bond acceptors (Lipinski definition) is 7. The van der Waals surface area contributed by atoms with E-state index in [0.717, 1.165) is 46.1 Å². The molecule has 0 unspecified atom stereocenters. The van der Waals surface area contributed by atoms with Crippen molar-refractivity contribution in [1.82, 2.24) is 19.8 Å². The summed E-state index contributed by atoms with van der Waals surface area (Å²) in [7, 11) is 5.62. The average Bonchev–Trinajstić information content (AvgIpc) is 3.22. The number of rotatable bonds is 7. The Morgan fingerprint density at radius 3 is 2.77 bits per heavy atom. The molecule has 1 aliphatic heterocycles. The second-order valence-electron chi connectivity index (χ2n) is 9.38. The summed E-state index contributed by atoms with van der Waals surface area (Å²) in [6.07, 6.45) is 3.99. The molecule has 3 aromatic rings. The van der Waals surface area contributed by atoms with Gasteiger partial charge in [0.15, 0.2) is 0 Å². The smallest absolute Gasteiger partial charge is 0.246 e. The Balaban J connectivity index is 1.58. The predicted octanol–water partition coefficient (Wildman–Crippen LogP) is 3.76. The summed E-state index contributed by atoms with van der Waals surface area (Å²) in [5.41, 5.74) is 4.49. The monoisotopic (exact) mass is 475 g/mol. The number of amides is 1. The number of methoxy groups -OCH3 is 1. The molecule has 1 fully saturated rings. The van der Waals surface area contributed by atoms with E-state index in [1.54, 1.807) is 19.4 Å². The zero-order chi connectivity index (χ0) is 25.3. The summed E-state index contributed by atoms with van der Waals surface area (Å²) in [5, 5.41) is 14.7. The Labute approximate surface area is 206 Å². The number of carbonyl (C=O) groups excluding carboxylic acids is 1. The van der Waals surface area contributed by atoms with Crippen LogP contribution in [-0.2, 0) is 4.79 Å². The summed E-state index contributed by atoms with van der Waals surface area (Å²) < 4.78 is 5.44. The van der Waals surface area contributed by atoms with Gasteiger partial charge in [0, 0.05) is 42.8 Å². The molecule has 0 aliphatic carbocycles. The first kappa shape index (κ1) is 24.5. The van der Waals surface area contributed by atoms with Crippen molar-refractivity contribution in [2.45, 2.75) is 32.4 Å². The second-order valence-corrected chi connectivity index (χ2v) is 9.38. The highest BCUT2D eigenvalue weighted by Gasteiger charge is 2.34. The number of phenols is 1. The molecule has 1 aliphatic rings. The van der Waals surface area contributed by atoms with E-state index in [4.69, 9.17) is 9.72 Å². The molecule has 8 heteroatoms. The van der Waals surface area contributed by atoms with Gasteiger partial charge < -0.3 is 25.0 Å². The maximum absolute atomic E-state index is 12.3. The molecular weight excluding hydrogens is 442 g/mol. The summed E-state index contributed by atoms with van der Waals surface area (Å²) in [6.45, 7) is 8.90. The van der Waals surface area contributed by atoms with E-state index in [-0.39, 0.29) is 23.7 Å². The van der Waals surface area contributed by atoms with Crippen molar-refractivity contribution in [2.24, 2.45) is 0 Å². The summed E-state index contributed by atoms with van der Waals surface area (Å²) in [4.78, 5) is 25.6. The van der Waals surface area contributed by atoms with Gasteiger partial charge in [0.05, 0.1) is 12.6 Å². The van der Waals surface area contributed by atoms with Crippen LogP contribution in [0.5, 0.6) is 11.5 Å². The number of likely N-dealkylation sites (tertiary alicyclic amines) is 1. The van der Waals surface area contributed by atoms with E-state index >= 15 is 0 Å². The van der Waals surface area contributed by atoms with Gasteiger partial charge in [0.1, 0.15) is 11.5 Å². The Hall–Kier alpha value is -3.65. The van der Waals surface area contributed by atoms with Crippen LogP contribution in [0.4, 0.5) is 5.95 Å². The van der Waals surface area contributed by atoms with Crippen molar-refractivity contribution >= 4 is 22.8 Å². The molecule has 0 radical (unpaired) electrons. The first-order chi connectivity index (χ1) is 16.7. The number of nitrogens with one attached hydrogen (secondary N) is 1. The number of hydrogen-bond donors (Lipinski definition) is 2. The summed E-state index contributed by atoms with van der Waals surface area (Å²) in [6, 6.07) is 7.81. The van der Waals surface area contributed by atoms with Crippen LogP contribution in [-0.4, -0.2) is 77.2 Å². The molecule has 2 aromatic carbocycles. The number of likely N-dealkylation sites (N-methyl/N-ethyl adjacent to an activating group) is 1. The molecule has 1 amide bonds. The Bertz CT molecular complexity index is 1270. The number of ether oxygens (including phenoxy) is 1. The molecule has 2 N–H and O–H groups in total. The largest absolute Gasteiger partial charge is 0.508 e. The van der Waals surface area contributed by atoms with Gasteiger partial charge in [-0.3, -0.25) is 4.79 Å². The van der Waals surface area contributed by atoms with Gasteiger partial charge in [0.25, 0.3) is 0 Å². The minimum absolute atomic E-state index is 0.0534. The lowest BCUT2D eigenvalue weighted by molar-refractivity contribution is -0.127. The second kappa shape index (κ2) is 9.92. The number of phenolic OH excluding ortho intramolecular Hbond substituents is 1. The van der Waals surface area contributed by atoms with Crippen LogP contribution >= 0.6 is 0 Å². The molecule has 184 valence electrons. The molecule has 0 spiro atoms. The van der Waals surface area contributed by atoms with Gasteiger partial charge in [-0.05, 0) is 74.8 Å². The maximum Gasteiger partial charge on any atom is 0.246 e. The third-order valence-corrected chi connectivity index (χ3v) is 6.64. The van der Waals surface area contributed by atoms with Crippen molar-refractivity contribution in [3.05, 3.63) is 54.2 Å². The highest BCUT2D eigenvalue weighted by molar-refractivity contribution is 5.88. The number of anilines is 1. The molecule has 8 nitrogen and oxygen atoms in total. The van der Waals surface area contributed by atoms with Crippen LogP contribution in [0.15, 0.2) is 43.1 Å². The number of carbonyl (C=O) groups is 1. The quantitative estimate of drug-likeness (QED) is 0.503. The lowest BCUT2D eigenvalue weighted by atomic mass is 9.93. The van der Waals surface area contributed by atoms with E-state index in [2.05, 4.69) is 21.8 Å². The third-order valence-electron chi connectivity index (χ3n) is 6.64. The highest BCUT2D eigenvalue weighted by Crippen LogP contribution is 2.39. The topological polar surface area (TPSA) is 90.8 Å². The van der Waals surface area contributed by atoms with Gasteiger partial charge in [-0.25, -0.2) is 9.97 Å². The first-order valence-corrected chi connectivity index (χ1v) is 11.7. The number of aromatic nitrogens is 2. The number of benzene rings is 2. The van der Waals surface area contributed by atoms with Crippen LogP contribution in [0, 0.1) is 13.8 Å². The number of nitrogens with zero attached hydrogens (tertiary/aromatic N) is 4. The van der Waals surface area contributed by atoms with Crippen LogP contribution in [0.25, 0.3) is 22.0 Å². The minimum Gasteiger partial charge on any atom is -0.508 e. The zero-order valence-corrected chi connectivity index (χ0v) is 21.0. The number of fused-ring (bicyclic) bond motifs is 1. The summed E-state index contributed by atoms with van der Waals surface area (Å²) >= 11 is 0. The Morgan fingerprint density at radius 2 is 2.09 bits per heavy atom. The number of aromatic hydroxyl groups is 1.